The van der Waals surface area contributed by atoms with E-state index in [4.69, 9.17) is 4.74 Å². The topological polar surface area (TPSA) is 34.2 Å². The number of hydrogen-bond donors (Lipinski definition) is 1. The zero-order chi connectivity index (χ0) is 14.2. The number of aryl methyl sites for hydroxylation is 1. The normalized spacial score (nSPS) is 11.7. The van der Waals surface area contributed by atoms with Crippen molar-refractivity contribution in [1.82, 2.24) is 4.98 Å². The lowest BCUT2D eigenvalue weighted by Crippen LogP contribution is -2.10. The molecule has 0 unspecified atom stereocenters. The number of anilines is 1. The highest BCUT2D eigenvalue weighted by atomic mass is 19.4. The van der Waals surface area contributed by atoms with Gasteiger partial charge in [-0.2, -0.15) is 13.2 Å². The lowest BCUT2D eigenvalue weighted by atomic mass is 10.1. The summed E-state index contributed by atoms with van der Waals surface area (Å²) in [6, 6.07) is 4.41. The number of benzene rings is 1. The summed E-state index contributed by atoms with van der Waals surface area (Å²) in [5.41, 5.74) is 0.491. The van der Waals surface area contributed by atoms with Crippen LogP contribution in [0.15, 0.2) is 18.2 Å². The maximum atomic E-state index is 12.8. The first-order valence-corrected chi connectivity index (χ1v) is 5.61. The number of aromatic nitrogens is 1. The summed E-state index contributed by atoms with van der Waals surface area (Å²) < 4.78 is 43.6. The third-order valence-electron chi connectivity index (χ3n) is 2.91. The molecule has 0 bridgehead atoms. The molecule has 0 aliphatic rings. The Balaban J connectivity index is 2.88. The van der Waals surface area contributed by atoms with Gasteiger partial charge in [-0.05, 0) is 24.6 Å². The van der Waals surface area contributed by atoms with Gasteiger partial charge in [0.2, 0.25) is 0 Å². The molecule has 0 aliphatic carbocycles. The van der Waals surface area contributed by atoms with Crippen LogP contribution in [0.5, 0.6) is 5.75 Å². The molecule has 0 fully saturated rings. The fourth-order valence-electron chi connectivity index (χ4n) is 1.99. The predicted octanol–water partition coefficient (Wildman–Crippen LogP) is 3.61. The van der Waals surface area contributed by atoms with Crippen molar-refractivity contribution in [2.75, 3.05) is 19.5 Å². The Bertz CT molecular complexity index is 623. The molecule has 6 heteroatoms. The maximum absolute atomic E-state index is 12.8. The van der Waals surface area contributed by atoms with Crippen molar-refractivity contribution in [2.45, 2.75) is 13.1 Å². The Morgan fingerprint density at radius 2 is 1.95 bits per heavy atom. The van der Waals surface area contributed by atoms with Gasteiger partial charge in [0.25, 0.3) is 0 Å². The van der Waals surface area contributed by atoms with Gasteiger partial charge < -0.3 is 10.1 Å². The summed E-state index contributed by atoms with van der Waals surface area (Å²) in [6.07, 6.45) is -4.49. The average molecular weight is 270 g/mol. The number of methoxy groups -OCH3 is 1. The standard InChI is InChI=1S/C13H13F3N2O/c1-7-4-5-9(19-3)12-11(7)8(17-2)6-10(18-12)13(14,15)16/h4-6H,1-3H3,(H,17,18). The summed E-state index contributed by atoms with van der Waals surface area (Å²) in [7, 11) is 2.99. The number of rotatable bonds is 2. The molecule has 1 heterocycles. The van der Waals surface area contributed by atoms with E-state index in [2.05, 4.69) is 10.3 Å². The Morgan fingerprint density at radius 1 is 1.26 bits per heavy atom. The second-order valence-corrected chi connectivity index (χ2v) is 4.11. The van der Waals surface area contributed by atoms with Crippen molar-refractivity contribution < 1.29 is 17.9 Å². The minimum atomic E-state index is -4.49. The molecule has 19 heavy (non-hydrogen) atoms. The van der Waals surface area contributed by atoms with E-state index in [1.165, 1.54) is 7.11 Å². The molecular weight excluding hydrogens is 257 g/mol. The van der Waals surface area contributed by atoms with Crippen LogP contribution in [-0.4, -0.2) is 19.1 Å². The maximum Gasteiger partial charge on any atom is 0.433 e. The van der Waals surface area contributed by atoms with Gasteiger partial charge in [0.05, 0.1) is 7.11 Å². The largest absolute Gasteiger partial charge is 0.494 e. The van der Waals surface area contributed by atoms with E-state index in [1.54, 1.807) is 19.2 Å². The van der Waals surface area contributed by atoms with Crippen molar-refractivity contribution in [3.8, 4) is 5.75 Å². The quantitative estimate of drug-likeness (QED) is 0.905. The van der Waals surface area contributed by atoms with E-state index in [-0.39, 0.29) is 5.52 Å². The first-order chi connectivity index (χ1) is 8.88. The molecule has 0 saturated heterocycles. The first-order valence-electron chi connectivity index (χ1n) is 5.61. The van der Waals surface area contributed by atoms with Crippen LogP contribution in [0.4, 0.5) is 18.9 Å². The molecular formula is C13H13F3N2O. The van der Waals surface area contributed by atoms with Gasteiger partial charge >= 0.3 is 6.18 Å². The van der Waals surface area contributed by atoms with Gasteiger partial charge in [-0.3, -0.25) is 0 Å². The smallest absolute Gasteiger partial charge is 0.433 e. The molecule has 102 valence electrons. The molecule has 1 aromatic carbocycles. The number of nitrogens with zero attached hydrogens (tertiary/aromatic N) is 1. The second kappa shape index (κ2) is 4.60. The number of hydrogen-bond acceptors (Lipinski definition) is 3. The summed E-state index contributed by atoms with van der Waals surface area (Å²) in [5, 5.41) is 3.41. The van der Waals surface area contributed by atoms with Crippen LogP contribution < -0.4 is 10.1 Å². The van der Waals surface area contributed by atoms with E-state index in [9.17, 15) is 13.2 Å². The van der Waals surface area contributed by atoms with E-state index < -0.39 is 11.9 Å². The van der Waals surface area contributed by atoms with Crippen LogP contribution in [0.1, 0.15) is 11.3 Å². The molecule has 1 aromatic heterocycles. The third-order valence-corrected chi connectivity index (χ3v) is 2.91. The molecule has 0 amide bonds. The molecule has 2 rings (SSSR count). The summed E-state index contributed by atoms with van der Waals surface area (Å²) in [4.78, 5) is 3.70. The van der Waals surface area contributed by atoms with Crippen molar-refractivity contribution in [1.29, 1.82) is 0 Å². The van der Waals surface area contributed by atoms with Crippen LogP contribution >= 0.6 is 0 Å². The Hall–Kier alpha value is -1.98. The monoisotopic (exact) mass is 270 g/mol. The molecule has 1 N–H and O–H groups in total. The third kappa shape index (κ3) is 2.30. The number of halogens is 3. The van der Waals surface area contributed by atoms with Crippen molar-refractivity contribution in [2.24, 2.45) is 0 Å². The molecule has 0 radical (unpaired) electrons. The Labute approximate surface area is 108 Å². The first kappa shape index (κ1) is 13.5. The van der Waals surface area contributed by atoms with E-state index in [0.29, 0.717) is 16.8 Å². The fraction of sp³-hybridized carbons (Fsp3) is 0.308. The van der Waals surface area contributed by atoms with E-state index in [0.717, 1.165) is 11.6 Å². The van der Waals surface area contributed by atoms with Crippen LogP contribution in [0.3, 0.4) is 0 Å². The highest BCUT2D eigenvalue weighted by Crippen LogP contribution is 2.37. The molecule has 2 aromatic rings. The van der Waals surface area contributed by atoms with Crippen molar-refractivity contribution in [3.63, 3.8) is 0 Å². The summed E-state index contributed by atoms with van der Waals surface area (Å²) >= 11 is 0. The molecule has 0 spiro atoms. The number of alkyl halides is 3. The minimum absolute atomic E-state index is 0.210. The van der Waals surface area contributed by atoms with Gasteiger partial charge in [-0.1, -0.05) is 6.07 Å². The summed E-state index contributed by atoms with van der Waals surface area (Å²) in [6.45, 7) is 1.82. The van der Waals surface area contributed by atoms with Crippen LogP contribution in [0, 0.1) is 6.92 Å². The van der Waals surface area contributed by atoms with Crippen molar-refractivity contribution >= 4 is 16.6 Å². The predicted molar refractivity (Wildman–Crippen MR) is 67.6 cm³/mol. The van der Waals surface area contributed by atoms with Gasteiger partial charge in [-0.25, -0.2) is 4.98 Å². The van der Waals surface area contributed by atoms with Crippen molar-refractivity contribution in [3.05, 3.63) is 29.5 Å². The van der Waals surface area contributed by atoms with Crippen LogP contribution in [-0.2, 0) is 6.18 Å². The number of nitrogens with one attached hydrogen (secondary N) is 1. The van der Waals surface area contributed by atoms with E-state index >= 15 is 0 Å². The SMILES string of the molecule is CNc1cc(C(F)(F)F)nc2c(OC)ccc(C)c12. The van der Waals surface area contributed by atoms with Gasteiger partial charge in [0.1, 0.15) is 17.0 Å². The molecule has 3 nitrogen and oxygen atoms in total. The number of pyridine rings is 1. The van der Waals surface area contributed by atoms with Crippen LogP contribution in [0.2, 0.25) is 0 Å². The van der Waals surface area contributed by atoms with Gasteiger partial charge in [0.15, 0.2) is 0 Å². The molecule has 0 saturated carbocycles. The fourth-order valence-corrected chi connectivity index (χ4v) is 1.99. The minimum Gasteiger partial charge on any atom is -0.494 e. The average Bonchev–Trinajstić information content (AvgIpc) is 2.37. The zero-order valence-electron chi connectivity index (χ0n) is 10.7. The molecule has 0 aliphatic heterocycles. The lowest BCUT2D eigenvalue weighted by molar-refractivity contribution is -0.140. The highest BCUT2D eigenvalue weighted by Gasteiger charge is 2.33. The summed E-state index contributed by atoms with van der Waals surface area (Å²) in [5.74, 6) is 0.322. The zero-order valence-corrected chi connectivity index (χ0v) is 10.7. The van der Waals surface area contributed by atoms with E-state index in [1.807, 2.05) is 6.92 Å². The van der Waals surface area contributed by atoms with Crippen LogP contribution in [0.25, 0.3) is 10.9 Å². The van der Waals surface area contributed by atoms with Gasteiger partial charge in [-0.15, -0.1) is 0 Å². The Kier molecular flexibility index (Phi) is 3.26. The Morgan fingerprint density at radius 3 is 2.47 bits per heavy atom. The molecule has 0 atom stereocenters. The number of ether oxygens (including phenoxy) is 1. The second-order valence-electron chi connectivity index (χ2n) is 4.11. The number of fused-ring (bicyclic) bond motifs is 1. The lowest BCUT2D eigenvalue weighted by Gasteiger charge is -2.15. The highest BCUT2D eigenvalue weighted by molar-refractivity contribution is 5.97. The van der Waals surface area contributed by atoms with Gasteiger partial charge in [0, 0.05) is 18.1 Å².